The maximum absolute atomic E-state index is 2.68. The van der Waals surface area contributed by atoms with Gasteiger partial charge >= 0.3 is 0 Å². The van der Waals surface area contributed by atoms with Crippen LogP contribution >= 0.6 is 0 Å². The number of hydrogen-bond donors (Lipinski definition) is 0. The third kappa shape index (κ3) is 10.4. The van der Waals surface area contributed by atoms with Gasteiger partial charge in [-0.15, -0.1) is 0 Å². The van der Waals surface area contributed by atoms with Gasteiger partial charge in [0.2, 0.25) is 0 Å². The molecule has 0 amide bonds. The molecule has 1 heterocycles. The maximum Gasteiger partial charge on any atom is 0.0234 e. The molecule has 0 aromatic heterocycles. The highest BCUT2D eigenvalue weighted by Crippen LogP contribution is 2.14. The van der Waals surface area contributed by atoms with E-state index in [-0.39, 0.29) is 0 Å². The van der Waals surface area contributed by atoms with Crippen LogP contribution in [0.4, 0.5) is 0 Å². The van der Waals surface area contributed by atoms with Gasteiger partial charge in [-0.05, 0) is 49.9 Å². The van der Waals surface area contributed by atoms with E-state index < -0.39 is 0 Å². The molecule has 0 unspecified atom stereocenters. The van der Waals surface area contributed by atoms with Gasteiger partial charge in [0.15, 0.2) is 0 Å². The van der Waals surface area contributed by atoms with Gasteiger partial charge in [-0.3, -0.25) is 19.6 Å². The van der Waals surface area contributed by atoms with E-state index in [9.17, 15) is 0 Å². The van der Waals surface area contributed by atoms with Gasteiger partial charge in [-0.2, -0.15) is 0 Å². The normalized spacial score (nSPS) is 16.8. The minimum atomic E-state index is 0.997. The van der Waals surface area contributed by atoms with Crippen LogP contribution in [0.1, 0.15) is 44.5 Å². The van der Waals surface area contributed by atoms with Crippen LogP contribution in [0, 0.1) is 27.7 Å². The second kappa shape index (κ2) is 16.2. The largest absolute Gasteiger partial charge is 0.297 e. The van der Waals surface area contributed by atoms with Gasteiger partial charge in [0.05, 0.1) is 0 Å². The molecule has 232 valence electrons. The lowest BCUT2D eigenvalue weighted by Crippen LogP contribution is -2.45. The number of rotatable bonds is 8. The second-order valence-corrected chi connectivity index (χ2v) is 13.0. The maximum atomic E-state index is 2.68. The SMILES string of the molecule is Cc1ccc(CN2CCN(Cc3ccc(C)cc3)CCN(Cc3ccc(C)cc3)CCN(Cc3ccc(C)cc3)CC2)cc1. The molecule has 5 rings (SSSR count). The summed E-state index contributed by atoms with van der Waals surface area (Å²) in [5, 5.41) is 0. The summed E-state index contributed by atoms with van der Waals surface area (Å²) in [6.07, 6.45) is 0. The predicted octanol–water partition coefficient (Wildman–Crippen LogP) is 7.24. The molecule has 0 spiro atoms. The quantitative estimate of drug-likeness (QED) is 0.215. The van der Waals surface area contributed by atoms with Crippen molar-refractivity contribution in [2.24, 2.45) is 0 Å². The Morgan fingerprint density at radius 2 is 0.455 bits per heavy atom. The Kier molecular flexibility index (Phi) is 11.8. The topological polar surface area (TPSA) is 13.0 Å². The summed E-state index contributed by atoms with van der Waals surface area (Å²) in [5.74, 6) is 0. The zero-order valence-corrected chi connectivity index (χ0v) is 27.5. The lowest BCUT2D eigenvalue weighted by Gasteiger charge is -2.34. The van der Waals surface area contributed by atoms with Gasteiger partial charge in [0.1, 0.15) is 0 Å². The zero-order chi connectivity index (χ0) is 30.7. The molecule has 44 heavy (non-hydrogen) atoms. The molecule has 4 nitrogen and oxygen atoms in total. The van der Waals surface area contributed by atoms with Crippen LogP contribution < -0.4 is 0 Å². The molecule has 4 aromatic rings. The average molecular weight is 589 g/mol. The summed E-state index contributed by atoms with van der Waals surface area (Å²) >= 11 is 0. The fourth-order valence-electron chi connectivity index (χ4n) is 6.02. The minimum absolute atomic E-state index is 0.997. The first-order chi connectivity index (χ1) is 21.4. The number of nitrogens with zero attached hydrogens (tertiary/aromatic N) is 4. The minimum Gasteiger partial charge on any atom is -0.297 e. The molecular weight excluding hydrogens is 536 g/mol. The van der Waals surface area contributed by atoms with Crippen LogP contribution in [0.15, 0.2) is 97.1 Å². The van der Waals surface area contributed by atoms with Crippen LogP contribution in [0.2, 0.25) is 0 Å². The molecule has 1 fully saturated rings. The van der Waals surface area contributed by atoms with Crippen LogP contribution in [-0.2, 0) is 26.2 Å². The molecule has 1 aliphatic heterocycles. The fourth-order valence-corrected chi connectivity index (χ4v) is 6.02. The molecule has 1 aliphatic rings. The average Bonchev–Trinajstić information content (AvgIpc) is 3.02. The summed E-state index contributed by atoms with van der Waals surface area (Å²) in [5.41, 5.74) is 10.9. The summed E-state index contributed by atoms with van der Waals surface area (Å²) in [7, 11) is 0. The van der Waals surface area contributed by atoms with Crippen molar-refractivity contribution in [3.05, 3.63) is 142 Å². The van der Waals surface area contributed by atoms with Crippen molar-refractivity contribution >= 4 is 0 Å². The Hall–Kier alpha value is -3.28. The van der Waals surface area contributed by atoms with E-state index in [2.05, 4.69) is 144 Å². The van der Waals surface area contributed by atoms with Crippen molar-refractivity contribution in [2.45, 2.75) is 53.9 Å². The van der Waals surface area contributed by atoms with Crippen molar-refractivity contribution < 1.29 is 0 Å². The predicted molar refractivity (Wildman–Crippen MR) is 186 cm³/mol. The van der Waals surface area contributed by atoms with E-state index >= 15 is 0 Å². The molecule has 0 saturated carbocycles. The van der Waals surface area contributed by atoms with E-state index in [1.165, 1.54) is 44.5 Å². The van der Waals surface area contributed by atoms with E-state index in [0.29, 0.717) is 0 Å². The van der Waals surface area contributed by atoms with Gasteiger partial charge in [0.25, 0.3) is 0 Å². The number of benzene rings is 4. The molecule has 0 radical (unpaired) electrons. The summed E-state index contributed by atoms with van der Waals surface area (Å²) in [4.78, 5) is 10.7. The Morgan fingerprint density at radius 1 is 0.295 bits per heavy atom. The summed E-state index contributed by atoms with van der Waals surface area (Å²) in [6, 6.07) is 36.5. The van der Waals surface area contributed by atoms with Gasteiger partial charge in [-0.25, -0.2) is 0 Å². The summed E-state index contributed by atoms with van der Waals surface area (Å²) in [6.45, 7) is 21.2. The van der Waals surface area contributed by atoms with Crippen LogP contribution in [0.3, 0.4) is 0 Å². The van der Waals surface area contributed by atoms with Gasteiger partial charge in [0, 0.05) is 78.5 Å². The van der Waals surface area contributed by atoms with E-state index in [1.54, 1.807) is 0 Å². The smallest absolute Gasteiger partial charge is 0.0234 e. The van der Waals surface area contributed by atoms with Gasteiger partial charge in [-0.1, -0.05) is 119 Å². The lowest BCUT2D eigenvalue weighted by atomic mass is 10.1. The first kappa shape index (κ1) is 32.1. The fraction of sp³-hybridized carbons (Fsp3) is 0.400. The van der Waals surface area contributed by atoms with Crippen LogP contribution in [0.25, 0.3) is 0 Å². The van der Waals surface area contributed by atoms with E-state index in [4.69, 9.17) is 0 Å². The molecule has 1 saturated heterocycles. The van der Waals surface area contributed by atoms with Crippen molar-refractivity contribution in [1.29, 1.82) is 0 Å². The van der Waals surface area contributed by atoms with Crippen molar-refractivity contribution in [3.63, 3.8) is 0 Å². The van der Waals surface area contributed by atoms with Crippen molar-refractivity contribution in [3.8, 4) is 0 Å². The Balaban J connectivity index is 1.36. The lowest BCUT2D eigenvalue weighted by molar-refractivity contribution is 0.122. The zero-order valence-electron chi connectivity index (χ0n) is 27.5. The monoisotopic (exact) mass is 588 g/mol. The standard InChI is InChI=1S/C40H52N4/c1-33-5-13-37(14-6-33)29-41-21-23-42(30-38-15-7-34(2)8-16-38)25-27-44(32-40-19-11-36(4)12-20-40)28-26-43(24-22-41)31-39-17-9-35(3)10-18-39/h5-20H,21-32H2,1-4H3. The van der Waals surface area contributed by atoms with Crippen LogP contribution in [-0.4, -0.2) is 72.0 Å². The Morgan fingerprint density at radius 3 is 0.614 bits per heavy atom. The second-order valence-electron chi connectivity index (χ2n) is 13.0. The highest BCUT2D eigenvalue weighted by atomic mass is 15.3. The molecule has 4 aromatic carbocycles. The third-order valence-corrected chi connectivity index (χ3v) is 9.04. The highest BCUT2D eigenvalue weighted by Gasteiger charge is 2.18. The molecule has 4 heteroatoms. The number of hydrogen-bond acceptors (Lipinski definition) is 4. The highest BCUT2D eigenvalue weighted by molar-refractivity contribution is 5.24. The number of aryl methyl sites for hydroxylation is 4. The molecule has 0 bridgehead atoms. The molecule has 0 aliphatic carbocycles. The van der Waals surface area contributed by atoms with E-state index in [1.807, 2.05) is 0 Å². The summed E-state index contributed by atoms with van der Waals surface area (Å²) < 4.78 is 0. The van der Waals surface area contributed by atoms with Crippen molar-refractivity contribution in [1.82, 2.24) is 19.6 Å². The first-order valence-electron chi connectivity index (χ1n) is 16.5. The molecular formula is C40H52N4. The molecule has 0 atom stereocenters. The van der Waals surface area contributed by atoms with E-state index in [0.717, 1.165) is 78.5 Å². The van der Waals surface area contributed by atoms with Crippen molar-refractivity contribution in [2.75, 3.05) is 52.4 Å². The van der Waals surface area contributed by atoms with Gasteiger partial charge < -0.3 is 0 Å². The molecule has 0 N–H and O–H groups in total. The third-order valence-electron chi connectivity index (χ3n) is 9.04. The first-order valence-corrected chi connectivity index (χ1v) is 16.5. The Bertz CT molecular complexity index is 1160. The van der Waals surface area contributed by atoms with Crippen LogP contribution in [0.5, 0.6) is 0 Å². The Labute approximate surface area is 266 Å².